The van der Waals surface area contributed by atoms with Crippen LogP contribution in [0.25, 0.3) is 6.08 Å². The fourth-order valence-electron chi connectivity index (χ4n) is 1.71. The second kappa shape index (κ2) is 9.15. The van der Waals surface area contributed by atoms with Crippen LogP contribution in [0.15, 0.2) is 48.1 Å². The molecule has 0 bridgehead atoms. The predicted octanol–water partition coefficient (Wildman–Crippen LogP) is 4.38. The third-order valence-electron chi connectivity index (χ3n) is 2.89. The second-order valence-corrected chi connectivity index (χ2v) is 4.52. The lowest BCUT2D eigenvalue weighted by molar-refractivity contribution is -0.140. The molecule has 0 aliphatic rings. The Bertz CT molecular complexity index is 430. The highest BCUT2D eigenvalue weighted by atomic mass is 16.5. The third-order valence-corrected chi connectivity index (χ3v) is 2.89. The van der Waals surface area contributed by atoms with Crippen LogP contribution < -0.4 is 0 Å². The van der Waals surface area contributed by atoms with Gasteiger partial charge in [-0.3, -0.25) is 4.79 Å². The maximum Gasteiger partial charge on any atom is 0.305 e. The summed E-state index contributed by atoms with van der Waals surface area (Å²) in [5, 5.41) is 0. The Kier molecular flexibility index (Phi) is 7.33. The molecule has 102 valence electrons. The van der Waals surface area contributed by atoms with Gasteiger partial charge in [0, 0.05) is 6.42 Å². The molecule has 0 radical (unpaired) electrons. The number of rotatable bonds is 7. The van der Waals surface area contributed by atoms with Crippen molar-refractivity contribution >= 4 is 12.0 Å². The van der Waals surface area contributed by atoms with Gasteiger partial charge in [0.15, 0.2) is 0 Å². The van der Waals surface area contributed by atoms with E-state index in [1.54, 1.807) is 0 Å². The molecule has 2 heteroatoms. The van der Waals surface area contributed by atoms with Crippen molar-refractivity contribution in [3.05, 3.63) is 53.6 Å². The first kappa shape index (κ1) is 15.2. The number of methoxy groups -OCH3 is 1. The normalized spacial score (nSPS) is 11.8. The summed E-state index contributed by atoms with van der Waals surface area (Å²) in [7, 11) is 1.43. The Hall–Kier alpha value is -1.83. The van der Waals surface area contributed by atoms with Gasteiger partial charge in [-0.15, -0.1) is 0 Å². The largest absolute Gasteiger partial charge is 0.469 e. The van der Waals surface area contributed by atoms with Crippen LogP contribution in [0.1, 0.15) is 38.2 Å². The molecule has 0 N–H and O–H groups in total. The molecule has 0 saturated carbocycles. The molecule has 0 heterocycles. The number of allylic oxidation sites excluding steroid dienone is 3. The van der Waals surface area contributed by atoms with Crippen LogP contribution in [-0.4, -0.2) is 13.1 Å². The van der Waals surface area contributed by atoms with Crippen LogP contribution in [0.4, 0.5) is 0 Å². The molecule has 0 aromatic heterocycles. The number of ether oxygens (including phenoxy) is 1. The van der Waals surface area contributed by atoms with Crippen molar-refractivity contribution < 1.29 is 9.53 Å². The fraction of sp³-hybridized carbons (Fsp3) is 0.353. The van der Waals surface area contributed by atoms with Crippen LogP contribution in [0.3, 0.4) is 0 Å². The summed E-state index contributed by atoms with van der Waals surface area (Å²) in [5.74, 6) is -0.142. The van der Waals surface area contributed by atoms with Crippen molar-refractivity contribution in [2.24, 2.45) is 0 Å². The number of esters is 1. The number of carbonyl (C=O) groups excluding carboxylic acids is 1. The molecule has 19 heavy (non-hydrogen) atoms. The van der Waals surface area contributed by atoms with Gasteiger partial charge in [-0.1, -0.05) is 54.1 Å². The van der Waals surface area contributed by atoms with Crippen LogP contribution >= 0.6 is 0 Å². The first-order valence-electron chi connectivity index (χ1n) is 6.66. The molecule has 0 aliphatic heterocycles. The average Bonchev–Trinajstić information content (AvgIpc) is 2.45. The van der Waals surface area contributed by atoms with Crippen molar-refractivity contribution in [1.29, 1.82) is 0 Å². The van der Waals surface area contributed by atoms with Gasteiger partial charge in [-0.2, -0.15) is 0 Å². The van der Waals surface area contributed by atoms with Gasteiger partial charge in [-0.25, -0.2) is 0 Å². The lowest BCUT2D eigenvalue weighted by atomic mass is 10.1. The van der Waals surface area contributed by atoms with E-state index in [1.165, 1.54) is 18.2 Å². The standard InChI is InChI=1S/C17H22O2/c1-15(13-14-17(18)19-2)9-5-3-6-10-16-11-7-4-8-12-16/h4,6-12H,3,5,13-14H2,1-2H3. The zero-order chi connectivity index (χ0) is 13.9. The topological polar surface area (TPSA) is 26.3 Å². The highest BCUT2D eigenvalue weighted by Gasteiger charge is 1.99. The predicted molar refractivity (Wildman–Crippen MR) is 79.7 cm³/mol. The summed E-state index contributed by atoms with van der Waals surface area (Å²) in [6.07, 6.45) is 9.80. The molecule has 0 atom stereocenters. The molecule has 1 aromatic carbocycles. The van der Waals surface area contributed by atoms with E-state index < -0.39 is 0 Å². The summed E-state index contributed by atoms with van der Waals surface area (Å²) >= 11 is 0. The molecule has 0 amide bonds. The first-order valence-corrected chi connectivity index (χ1v) is 6.66. The Morgan fingerprint density at radius 2 is 1.89 bits per heavy atom. The maximum absolute atomic E-state index is 11.0. The van der Waals surface area contributed by atoms with Gasteiger partial charge < -0.3 is 4.74 Å². The number of hydrogen-bond donors (Lipinski definition) is 0. The highest BCUT2D eigenvalue weighted by molar-refractivity contribution is 5.69. The molecule has 2 nitrogen and oxygen atoms in total. The van der Waals surface area contributed by atoms with E-state index >= 15 is 0 Å². The van der Waals surface area contributed by atoms with Gasteiger partial charge in [0.2, 0.25) is 0 Å². The summed E-state index contributed by atoms with van der Waals surface area (Å²) in [4.78, 5) is 11.0. The molecule has 0 spiro atoms. The van der Waals surface area contributed by atoms with Crippen molar-refractivity contribution in [2.45, 2.75) is 32.6 Å². The average molecular weight is 258 g/mol. The Labute approximate surface area is 115 Å². The van der Waals surface area contributed by atoms with Gasteiger partial charge in [0.05, 0.1) is 7.11 Å². The molecule has 0 fully saturated rings. The van der Waals surface area contributed by atoms with Crippen molar-refractivity contribution in [2.75, 3.05) is 7.11 Å². The molecule has 1 aromatic rings. The first-order chi connectivity index (χ1) is 9.22. The van der Waals surface area contributed by atoms with Gasteiger partial charge in [0.25, 0.3) is 0 Å². The van der Waals surface area contributed by atoms with E-state index in [0.29, 0.717) is 6.42 Å². The van der Waals surface area contributed by atoms with Gasteiger partial charge >= 0.3 is 5.97 Å². The van der Waals surface area contributed by atoms with Crippen LogP contribution in [0, 0.1) is 0 Å². The minimum absolute atomic E-state index is 0.142. The van der Waals surface area contributed by atoms with Crippen molar-refractivity contribution in [1.82, 2.24) is 0 Å². The molecule has 0 aliphatic carbocycles. The van der Waals surface area contributed by atoms with E-state index in [2.05, 4.69) is 42.0 Å². The zero-order valence-corrected chi connectivity index (χ0v) is 11.8. The number of benzene rings is 1. The third kappa shape index (κ3) is 7.24. The van der Waals surface area contributed by atoms with Crippen molar-refractivity contribution in [3.8, 4) is 0 Å². The Morgan fingerprint density at radius 1 is 1.16 bits per heavy atom. The van der Waals surface area contributed by atoms with E-state index in [4.69, 9.17) is 0 Å². The van der Waals surface area contributed by atoms with Crippen LogP contribution in [0.2, 0.25) is 0 Å². The molecule has 0 unspecified atom stereocenters. The summed E-state index contributed by atoms with van der Waals surface area (Å²) in [5.41, 5.74) is 2.48. The monoisotopic (exact) mass is 258 g/mol. The van der Waals surface area contributed by atoms with E-state index in [-0.39, 0.29) is 5.97 Å². The van der Waals surface area contributed by atoms with Gasteiger partial charge in [0.1, 0.15) is 0 Å². The Balaban J connectivity index is 2.22. The molecular formula is C17H22O2. The summed E-state index contributed by atoms with van der Waals surface area (Å²) < 4.78 is 4.62. The summed E-state index contributed by atoms with van der Waals surface area (Å²) in [6.45, 7) is 2.06. The van der Waals surface area contributed by atoms with E-state index in [0.717, 1.165) is 19.3 Å². The minimum atomic E-state index is -0.142. The van der Waals surface area contributed by atoms with Gasteiger partial charge in [-0.05, 0) is 31.7 Å². The van der Waals surface area contributed by atoms with Crippen molar-refractivity contribution in [3.63, 3.8) is 0 Å². The highest BCUT2D eigenvalue weighted by Crippen LogP contribution is 2.08. The van der Waals surface area contributed by atoms with E-state index in [1.807, 2.05) is 18.2 Å². The second-order valence-electron chi connectivity index (χ2n) is 4.52. The molecule has 0 saturated heterocycles. The lowest BCUT2D eigenvalue weighted by Gasteiger charge is -2.00. The number of unbranched alkanes of at least 4 members (excludes halogenated alkanes) is 1. The van der Waals surface area contributed by atoms with E-state index in [9.17, 15) is 4.79 Å². The minimum Gasteiger partial charge on any atom is -0.469 e. The summed E-state index contributed by atoms with van der Waals surface area (Å²) in [6, 6.07) is 10.3. The fourth-order valence-corrected chi connectivity index (χ4v) is 1.71. The lowest BCUT2D eigenvalue weighted by Crippen LogP contribution is -1.99. The molecular weight excluding hydrogens is 236 g/mol. The smallest absolute Gasteiger partial charge is 0.305 e. The van der Waals surface area contributed by atoms with Crippen LogP contribution in [-0.2, 0) is 9.53 Å². The number of carbonyl (C=O) groups is 1. The number of hydrogen-bond acceptors (Lipinski definition) is 2. The molecule has 1 rings (SSSR count). The quantitative estimate of drug-likeness (QED) is 0.412. The Morgan fingerprint density at radius 3 is 2.58 bits per heavy atom. The maximum atomic E-state index is 11.0. The van der Waals surface area contributed by atoms with Crippen LogP contribution in [0.5, 0.6) is 0 Å². The SMILES string of the molecule is COC(=O)CCC(C)=CCCC=Cc1ccccc1. The zero-order valence-electron chi connectivity index (χ0n) is 11.8.